The smallest absolute Gasteiger partial charge is 0.251 e. The lowest BCUT2D eigenvalue weighted by atomic mass is 10.1. The standard InChI is InChI=1S/C22H25N3O/c1-16(9-10-19-7-5-4-6-8-19)23-22(26)20-11-13-21(14-12-20)25-18(3)15-17(2)24-25/h4-8,11-16H,9-10H2,1-3H3,(H,23,26). The largest absolute Gasteiger partial charge is 0.350 e. The van der Waals surface area contributed by atoms with Crippen molar-refractivity contribution in [1.82, 2.24) is 15.1 Å². The van der Waals surface area contributed by atoms with E-state index in [9.17, 15) is 4.79 Å². The van der Waals surface area contributed by atoms with E-state index in [-0.39, 0.29) is 11.9 Å². The van der Waals surface area contributed by atoms with Gasteiger partial charge in [0.25, 0.3) is 5.91 Å². The van der Waals surface area contributed by atoms with Crippen LogP contribution in [0.5, 0.6) is 0 Å². The average Bonchev–Trinajstić information content (AvgIpc) is 2.99. The molecule has 0 saturated carbocycles. The molecule has 0 fully saturated rings. The third-order valence-electron chi connectivity index (χ3n) is 4.47. The van der Waals surface area contributed by atoms with Crippen LogP contribution >= 0.6 is 0 Å². The molecule has 1 atom stereocenters. The molecule has 0 aliphatic rings. The molecule has 2 aromatic carbocycles. The van der Waals surface area contributed by atoms with Gasteiger partial charge in [0.05, 0.1) is 11.4 Å². The Balaban J connectivity index is 1.58. The lowest BCUT2D eigenvalue weighted by molar-refractivity contribution is 0.0938. The molecule has 4 nitrogen and oxygen atoms in total. The fraction of sp³-hybridized carbons (Fsp3) is 0.273. The van der Waals surface area contributed by atoms with Gasteiger partial charge in [0.15, 0.2) is 0 Å². The van der Waals surface area contributed by atoms with Crippen LogP contribution in [-0.4, -0.2) is 21.7 Å². The molecule has 0 saturated heterocycles. The van der Waals surface area contributed by atoms with Crippen molar-refractivity contribution in [3.63, 3.8) is 0 Å². The lowest BCUT2D eigenvalue weighted by Gasteiger charge is -2.14. The van der Waals surface area contributed by atoms with Gasteiger partial charge in [-0.2, -0.15) is 5.10 Å². The van der Waals surface area contributed by atoms with E-state index in [1.807, 2.05) is 74.0 Å². The monoisotopic (exact) mass is 347 g/mol. The van der Waals surface area contributed by atoms with Crippen molar-refractivity contribution >= 4 is 5.91 Å². The Morgan fingerprint density at radius 2 is 1.77 bits per heavy atom. The summed E-state index contributed by atoms with van der Waals surface area (Å²) in [6.07, 6.45) is 1.87. The number of rotatable bonds is 6. The van der Waals surface area contributed by atoms with Crippen molar-refractivity contribution in [2.45, 2.75) is 39.7 Å². The second kappa shape index (κ2) is 8.00. The predicted molar refractivity (Wildman–Crippen MR) is 105 cm³/mol. The molecule has 3 aromatic rings. The number of carbonyl (C=O) groups excluding carboxylic acids is 1. The average molecular weight is 347 g/mol. The Hall–Kier alpha value is -2.88. The van der Waals surface area contributed by atoms with Crippen LogP contribution in [0.2, 0.25) is 0 Å². The fourth-order valence-electron chi connectivity index (χ4n) is 3.05. The van der Waals surface area contributed by atoms with Crippen molar-refractivity contribution in [3.05, 3.63) is 83.2 Å². The van der Waals surface area contributed by atoms with Gasteiger partial charge in [0.1, 0.15) is 0 Å². The molecule has 0 bridgehead atoms. The molecule has 1 heterocycles. The molecule has 0 spiro atoms. The second-order valence-electron chi connectivity index (χ2n) is 6.78. The first-order valence-electron chi connectivity index (χ1n) is 9.01. The first kappa shape index (κ1) is 17.9. The first-order valence-corrected chi connectivity index (χ1v) is 9.01. The summed E-state index contributed by atoms with van der Waals surface area (Å²) in [5.74, 6) is -0.0366. The van der Waals surface area contributed by atoms with Crippen molar-refractivity contribution in [2.75, 3.05) is 0 Å². The van der Waals surface area contributed by atoms with Gasteiger partial charge < -0.3 is 5.32 Å². The van der Waals surface area contributed by atoms with Crippen molar-refractivity contribution < 1.29 is 4.79 Å². The van der Waals surface area contributed by atoms with E-state index in [4.69, 9.17) is 0 Å². The van der Waals surface area contributed by atoms with E-state index in [1.54, 1.807) is 0 Å². The summed E-state index contributed by atoms with van der Waals surface area (Å²) >= 11 is 0. The van der Waals surface area contributed by atoms with Crippen LogP contribution in [0.15, 0.2) is 60.7 Å². The minimum absolute atomic E-state index is 0.0366. The van der Waals surface area contributed by atoms with Crippen LogP contribution in [-0.2, 0) is 6.42 Å². The molecule has 26 heavy (non-hydrogen) atoms. The van der Waals surface area contributed by atoms with Gasteiger partial charge in [-0.3, -0.25) is 4.79 Å². The predicted octanol–water partition coefficient (Wildman–Crippen LogP) is 4.24. The summed E-state index contributed by atoms with van der Waals surface area (Å²) in [7, 11) is 0. The number of nitrogens with zero attached hydrogens (tertiary/aromatic N) is 2. The first-order chi connectivity index (χ1) is 12.5. The van der Waals surface area contributed by atoms with Crippen LogP contribution in [0.4, 0.5) is 0 Å². The zero-order valence-corrected chi connectivity index (χ0v) is 15.6. The number of aromatic nitrogens is 2. The van der Waals surface area contributed by atoms with Crippen molar-refractivity contribution in [1.29, 1.82) is 0 Å². The molecule has 1 unspecified atom stereocenters. The van der Waals surface area contributed by atoms with Gasteiger partial charge in [-0.25, -0.2) is 4.68 Å². The Morgan fingerprint density at radius 3 is 2.38 bits per heavy atom. The SMILES string of the molecule is Cc1cc(C)n(-c2ccc(C(=O)NC(C)CCc3ccccc3)cc2)n1. The van der Waals surface area contributed by atoms with Gasteiger partial charge in [-0.05, 0) is 69.5 Å². The number of carbonyl (C=O) groups is 1. The second-order valence-corrected chi connectivity index (χ2v) is 6.78. The van der Waals surface area contributed by atoms with E-state index in [1.165, 1.54) is 5.56 Å². The van der Waals surface area contributed by atoms with Crippen LogP contribution in [0.3, 0.4) is 0 Å². The highest BCUT2D eigenvalue weighted by atomic mass is 16.1. The van der Waals surface area contributed by atoms with Gasteiger partial charge in [0, 0.05) is 17.3 Å². The topological polar surface area (TPSA) is 46.9 Å². The van der Waals surface area contributed by atoms with Gasteiger partial charge >= 0.3 is 0 Å². The molecule has 134 valence electrons. The summed E-state index contributed by atoms with van der Waals surface area (Å²) in [6, 6.07) is 20.1. The number of benzene rings is 2. The molecule has 0 radical (unpaired) electrons. The van der Waals surface area contributed by atoms with E-state index in [0.29, 0.717) is 5.56 Å². The minimum atomic E-state index is -0.0366. The molecule has 4 heteroatoms. The minimum Gasteiger partial charge on any atom is -0.350 e. The summed E-state index contributed by atoms with van der Waals surface area (Å²) in [6.45, 7) is 6.04. The Morgan fingerprint density at radius 1 is 1.08 bits per heavy atom. The van der Waals surface area contributed by atoms with Crippen LogP contribution in [0.25, 0.3) is 5.69 Å². The van der Waals surface area contributed by atoms with E-state index < -0.39 is 0 Å². The van der Waals surface area contributed by atoms with Crippen LogP contribution in [0, 0.1) is 13.8 Å². The molecule has 1 N–H and O–H groups in total. The summed E-state index contributed by atoms with van der Waals surface area (Å²) in [5.41, 5.74) is 4.99. The highest BCUT2D eigenvalue weighted by molar-refractivity contribution is 5.94. The molecule has 1 aromatic heterocycles. The lowest BCUT2D eigenvalue weighted by Crippen LogP contribution is -2.32. The fourth-order valence-corrected chi connectivity index (χ4v) is 3.05. The Bertz CT molecular complexity index is 866. The highest BCUT2D eigenvalue weighted by Gasteiger charge is 2.11. The van der Waals surface area contributed by atoms with Crippen molar-refractivity contribution in [2.24, 2.45) is 0 Å². The molecule has 1 amide bonds. The quantitative estimate of drug-likeness (QED) is 0.725. The van der Waals surface area contributed by atoms with Crippen LogP contribution < -0.4 is 5.32 Å². The number of hydrogen-bond donors (Lipinski definition) is 1. The zero-order chi connectivity index (χ0) is 18.5. The third-order valence-corrected chi connectivity index (χ3v) is 4.47. The number of amides is 1. The number of hydrogen-bond acceptors (Lipinski definition) is 2. The maximum atomic E-state index is 12.5. The molecule has 0 aliphatic carbocycles. The van der Waals surface area contributed by atoms with E-state index >= 15 is 0 Å². The normalized spacial score (nSPS) is 12.0. The van der Waals surface area contributed by atoms with Gasteiger partial charge in [-0.1, -0.05) is 30.3 Å². The van der Waals surface area contributed by atoms with Gasteiger partial charge in [0.2, 0.25) is 0 Å². The third kappa shape index (κ3) is 4.39. The van der Waals surface area contributed by atoms with Crippen molar-refractivity contribution in [3.8, 4) is 5.69 Å². The highest BCUT2D eigenvalue weighted by Crippen LogP contribution is 2.13. The van der Waals surface area contributed by atoms with Gasteiger partial charge in [-0.15, -0.1) is 0 Å². The van der Waals surface area contributed by atoms with E-state index in [2.05, 4.69) is 22.5 Å². The maximum Gasteiger partial charge on any atom is 0.251 e. The van der Waals surface area contributed by atoms with Crippen LogP contribution in [0.1, 0.15) is 40.7 Å². The Kier molecular flexibility index (Phi) is 5.52. The molecule has 3 rings (SSSR count). The van der Waals surface area contributed by atoms with E-state index in [0.717, 1.165) is 29.9 Å². The summed E-state index contributed by atoms with van der Waals surface area (Å²) in [5, 5.41) is 7.55. The Labute approximate surface area is 154 Å². The maximum absolute atomic E-state index is 12.5. The summed E-state index contributed by atoms with van der Waals surface area (Å²) < 4.78 is 1.89. The zero-order valence-electron chi connectivity index (χ0n) is 15.6. The molecule has 0 aliphatic heterocycles. The molecular formula is C22H25N3O. The number of aryl methyl sites for hydroxylation is 3. The summed E-state index contributed by atoms with van der Waals surface area (Å²) in [4.78, 5) is 12.5. The molecular weight excluding hydrogens is 322 g/mol. The number of nitrogens with one attached hydrogen (secondary N) is 1.